The highest BCUT2D eigenvalue weighted by molar-refractivity contribution is 5.61. The van der Waals surface area contributed by atoms with Gasteiger partial charge in [0, 0.05) is 17.7 Å². The maximum atomic E-state index is 5.49. The first-order chi connectivity index (χ1) is 9.72. The van der Waals surface area contributed by atoms with Crippen LogP contribution in [0.5, 0.6) is 0 Å². The minimum absolute atomic E-state index is 0.365. The summed E-state index contributed by atoms with van der Waals surface area (Å²) in [5.41, 5.74) is 3.56. The van der Waals surface area contributed by atoms with E-state index in [0.717, 1.165) is 24.2 Å². The zero-order chi connectivity index (χ0) is 14.4. The number of nitrogens with one attached hydrogen (secondary N) is 2. The first kappa shape index (κ1) is 14.3. The molecule has 0 aliphatic carbocycles. The van der Waals surface area contributed by atoms with Gasteiger partial charge in [-0.2, -0.15) is 0 Å². The molecule has 5 heteroatoms. The molecule has 0 saturated heterocycles. The molecular weight excluding hydrogens is 250 g/mol. The standard InChI is InChI=1S/C15H21N5/c1-3-7-11(2)17-13-10-14(20-16)19-15(18-13)12-8-5-4-6-9-12/h4-6,8-11H,3,7,16H2,1-2H3,(H2,17,18,19,20). The molecule has 4 N–H and O–H groups in total. The van der Waals surface area contributed by atoms with Crippen molar-refractivity contribution in [3.05, 3.63) is 36.4 Å². The fourth-order valence-electron chi connectivity index (χ4n) is 2.07. The predicted octanol–water partition coefficient (Wildman–Crippen LogP) is 3.03. The van der Waals surface area contributed by atoms with Gasteiger partial charge in [0.1, 0.15) is 11.6 Å². The van der Waals surface area contributed by atoms with Crippen molar-refractivity contribution in [3.8, 4) is 11.4 Å². The summed E-state index contributed by atoms with van der Waals surface area (Å²) in [5.74, 6) is 7.53. The first-order valence-corrected chi connectivity index (χ1v) is 6.90. The number of hydrogen-bond donors (Lipinski definition) is 3. The molecule has 106 valence electrons. The molecule has 0 amide bonds. The Bertz CT molecular complexity index is 541. The maximum absolute atomic E-state index is 5.49. The summed E-state index contributed by atoms with van der Waals surface area (Å²) in [6, 6.07) is 12.0. The number of nitrogens with zero attached hydrogens (tertiary/aromatic N) is 2. The van der Waals surface area contributed by atoms with Crippen LogP contribution < -0.4 is 16.6 Å². The Morgan fingerprint density at radius 3 is 2.50 bits per heavy atom. The Kier molecular flexibility index (Phi) is 4.90. The second-order valence-electron chi connectivity index (χ2n) is 4.81. The second-order valence-corrected chi connectivity index (χ2v) is 4.81. The zero-order valence-corrected chi connectivity index (χ0v) is 11.9. The lowest BCUT2D eigenvalue weighted by atomic mass is 10.2. The lowest BCUT2D eigenvalue weighted by Gasteiger charge is -2.15. The number of nitrogen functional groups attached to an aromatic ring is 1. The summed E-state index contributed by atoms with van der Waals surface area (Å²) in [4.78, 5) is 8.94. The Balaban J connectivity index is 2.29. The SMILES string of the molecule is CCCC(C)Nc1cc(NN)nc(-c2ccccc2)n1. The van der Waals surface area contributed by atoms with Gasteiger partial charge in [-0.3, -0.25) is 0 Å². The summed E-state index contributed by atoms with van der Waals surface area (Å²) in [6.07, 6.45) is 2.23. The summed E-state index contributed by atoms with van der Waals surface area (Å²) < 4.78 is 0. The molecule has 0 saturated carbocycles. The van der Waals surface area contributed by atoms with Gasteiger partial charge in [-0.15, -0.1) is 0 Å². The van der Waals surface area contributed by atoms with Crippen molar-refractivity contribution in [3.63, 3.8) is 0 Å². The van der Waals surface area contributed by atoms with Crippen LogP contribution in [0.15, 0.2) is 36.4 Å². The Labute approximate surface area is 119 Å². The number of aromatic nitrogens is 2. The molecule has 0 aliphatic heterocycles. The van der Waals surface area contributed by atoms with Crippen molar-refractivity contribution >= 4 is 11.6 Å². The van der Waals surface area contributed by atoms with Gasteiger partial charge >= 0.3 is 0 Å². The summed E-state index contributed by atoms with van der Waals surface area (Å²) >= 11 is 0. The largest absolute Gasteiger partial charge is 0.367 e. The van der Waals surface area contributed by atoms with E-state index in [4.69, 9.17) is 5.84 Å². The number of hydrazine groups is 1. The molecule has 2 rings (SSSR count). The van der Waals surface area contributed by atoms with Crippen LogP contribution in [0.25, 0.3) is 11.4 Å². The first-order valence-electron chi connectivity index (χ1n) is 6.90. The summed E-state index contributed by atoms with van der Waals surface area (Å²) in [7, 11) is 0. The lowest BCUT2D eigenvalue weighted by Crippen LogP contribution is -2.17. The molecule has 2 aromatic rings. The number of benzene rings is 1. The summed E-state index contributed by atoms with van der Waals surface area (Å²) in [5, 5.41) is 3.38. The van der Waals surface area contributed by atoms with Gasteiger partial charge in [-0.05, 0) is 13.3 Å². The molecular formula is C15H21N5. The van der Waals surface area contributed by atoms with Crippen LogP contribution in [0, 0.1) is 0 Å². The zero-order valence-electron chi connectivity index (χ0n) is 11.9. The van der Waals surface area contributed by atoms with Crippen molar-refractivity contribution in [2.24, 2.45) is 5.84 Å². The van der Waals surface area contributed by atoms with Gasteiger partial charge in [0.2, 0.25) is 0 Å². The van der Waals surface area contributed by atoms with E-state index in [1.165, 1.54) is 0 Å². The highest BCUT2D eigenvalue weighted by Gasteiger charge is 2.08. The fraction of sp³-hybridized carbons (Fsp3) is 0.333. The van der Waals surface area contributed by atoms with Crippen molar-refractivity contribution in [1.82, 2.24) is 9.97 Å². The van der Waals surface area contributed by atoms with Crippen LogP contribution >= 0.6 is 0 Å². The average molecular weight is 271 g/mol. The van der Waals surface area contributed by atoms with E-state index in [9.17, 15) is 0 Å². The highest BCUT2D eigenvalue weighted by atomic mass is 15.3. The molecule has 1 heterocycles. The van der Waals surface area contributed by atoms with Crippen molar-refractivity contribution in [1.29, 1.82) is 0 Å². The molecule has 1 aromatic carbocycles. The second kappa shape index (κ2) is 6.86. The van der Waals surface area contributed by atoms with Gasteiger partial charge in [0.05, 0.1) is 0 Å². The minimum Gasteiger partial charge on any atom is -0.367 e. The molecule has 1 unspecified atom stereocenters. The average Bonchev–Trinajstić information content (AvgIpc) is 2.48. The number of anilines is 2. The van der Waals surface area contributed by atoms with E-state index in [1.54, 1.807) is 0 Å². The normalized spacial score (nSPS) is 11.9. The van der Waals surface area contributed by atoms with E-state index in [2.05, 4.69) is 34.6 Å². The van der Waals surface area contributed by atoms with Gasteiger partial charge in [-0.25, -0.2) is 15.8 Å². The van der Waals surface area contributed by atoms with E-state index in [1.807, 2.05) is 36.4 Å². The molecule has 0 aliphatic rings. The van der Waals surface area contributed by atoms with Gasteiger partial charge < -0.3 is 10.7 Å². The Morgan fingerprint density at radius 1 is 1.15 bits per heavy atom. The van der Waals surface area contributed by atoms with Crippen LogP contribution in [0.4, 0.5) is 11.6 Å². The molecule has 0 spiro atoms. The van der Waals surface area contributed by atoms with E-state index in [-0.39, 0.29) is 0 Å². The molecule has 0 fully saturated rings. The Hall–Kier alpha value is -2.14. The smallest absolute Gasteiger partial charge is 0.163 e. The summed E-state index contributed by atoms with van der Waals surface area (Å²) in [6.45, 7) is 4.31. The van der Waals surface area contributed by atoms with Crippen LogP contribution in [-0.2, 0) is 0 Å². The Morgan fingerprint density at radius 2 is 1.85 bits per heavy atom. The number of rotatable bonds is 6. The lowest BCUT2D eigenvalue weighted by molar-refractivity contribution is 0.687. The molecule has 0 bridgehead atoms. The van der Waals surface area contributed by atoms with E-state index >= 15 is 0 Å². The van der Waals surface area contributed by atoms with E-state index in [0.29, 0.717) is 17.7 Å². The van der Waals surface area contributed by atoms with Gasteiger partial charge in [0.15, 0.2) is 5.82 Å². The van der Waals surface area contributed by atoms with Gasteiger partial charge in [0.25, 0.3) is 0 Å². The van der Waals surface area contributed by atoms with Crippen molar-refractivity contribution < 1.29 is 0 Å². The van der Waals surface area contributed by atoms with Crippen LogP contribution in [-0.4, -0.2) is 16.0 Å². The molecule has 5 nitrogen and oxygen atoms in total. The monoisotopic (exact) mass is 271 g/mol. The van der Waals surface area contributed by atoms with Crippen molar-refractivity contribution in [2.45, 2.75) is 32.7 Å². The number of nitrogens with two attached hydrogens (primary N) is 1. The molecule has 20 heavy (non-hydrogen) atoms. The number of hydrogen-bond acceptors (Lipinski definition) is 5. The topological polar surface area (TPSA) is 75.9 Å². The maximum Gasteiger partial charge on any atom is 0.163 e. The minimum atomic E-state index is 0.365. The highest BCUT2D eigenvalue weighted by Crippen LogP contribution is 2.20. The van der Waals surface area contributed by atoms with Gasteiger partial charge in [-0.1, -0.05) is 43.7 Å². The predicted molar refractivity (Wildman–Crippen MR) is 83.3 cm³/mol. The van der Waals surface area contributed by atoms with E-state index < -0.39 is 0 Å². The third-order valence-corrected chi connectivity index (χ3v) is 3.02. The fourth-order valence-corrected chi connectivity index (χ4v) is 2.07. The quantitative estimate of drug-likeness (QED) is 0.556. The third-order valence-electron chi connectivity index (χ3n) is 3.02. The molecule has 1 atom stereocenters. The van der Waals surface area contributed by atoms with Crippen LogP contribution in [0.3, 0.4) is 0 Å². The van der Waals surface area contributed by atoms with Crippen molar-refractivity contribution in [2.75, 3.05) is 10.7 Å². The molecule has 1 aromatic heterocycles. The van der Waals surface area contributed by atoms with Crippen LogP contribution in [0.2, 0.25) is 0 Å². The molecule has 0 radical (unpaired) electrons. The third kappa shape index (κ3) is 3.68. The van der Waals surface area contributed by atoms with Crippen LogP contribution in [0.1, 0.15) is 26.7 Å².